The Morgan fingerprint density at radius 1 is 1.14 bits per heavy atom. The molecule has 5 nitrogen and oxygen atoms in total. The molecule has 1 aliphatic rings. The van der Waals surface area contributed by atoms with Crippen LogP contribution < -0.4 is 10.5 Å². The zero-order valence-electron chi connectivity index (χ0n) is 17.6. The highest BCUT2D eigenvalue weighted by atomic mass is 16.5. The Balaban J connectivity index is 1.74. The molecular formula is C24H32N2O3. The standard InChI is InChI=1S/C24H32N2O3/c1-24(2,3)22-17-26(16-21(29-22)19-9-5-4-6-10-19)23(27)15-18-8-7-11-20(14-18)28-13-12-25/h4-11,14,21-22H,12-13,15-17,25H2,1-3H3/t21-,22+/m0/s1. The zero-order valence-corrected chi connectivity index (χ0v) is 17.6. The van der Waals surface area contributed by atoms with Crippen LogP contribution in [0.4, 0.5) is 0 Å². The normalized spacial score (nSPS) is 19.8. The molecule has 2 atom stereocenters. The molecular weight excluding hydrogens is 364 g/mol. The summed E-state index contributed by atoms with van der Waals surface area (Å²) >= 11 is 0. The van der Waals surface area contributed by atoms with Gasteiger partial charge in [-0.25, -0.2) is 0 Å². The first-order valence-corrected chi connectivity index (χ1v) is 10.3. The van der Waals surface area contributed by atoms with Crippen LogP contribution in [0.15, 0.2) is 54.6 Å². The monoisotopic (exact) mass is 396 g/mol. The van der Waals surface area contributed by atoms with Gasteiger partial charge < -0.3 is 20.1 Å². The molecule has 3 rings (SSSR count). The van der Waals surface area contributed by atoms with Crippen LogP contribution in [-0.2, 0) is 16.0 Å². The smallest absolute Gasteiger partial charge is 0.227 e. The van der Waals surface area contributed by atoms with E-state index in [1.54, 1.807) is 0 Å². The van der Waals surface area contributed by atoms with Crippen LogP contribution >= 0.6 is 0 Å². The van der Waals surface area contributed by atoms with Crippen molar-refractivity contribution in [3.8, 4) is 5.75 Å². The van der Waals surface area contributed by atoms with Crippen molar-refractivity contribution in [1.82, 2.24) is 4.90 Å². The summed E-state index contributed by atoms with van der Waals surface area (Å²) < 4.78 is 12.0. The Kier molecular flexibility index (Phi) is 6.93. The summed E-state index contributed by atoms with van der Waals surface area (Å²) in [6.45, 7) is 8.58. The number of benzene rings is 2. The van der Waals surface area contributed by atoms with Gasteiger partial charge in [-0.1, -0.05) is 63.2 Å². The van der Waals surface area contributed by atoms with Gasteiger partial charge in [-0.05, 0) is 28.7 Å². The van der Waals surface area contributed by atoms with Crippen LogP contribution in [0.5, 0.6) is 5.75 Å². The average molecular weight is 397 g/mol. The van der Waals surface area contributed by atoms with Gasteiger partial charge in [-0.2, -0.15) is 0 Å². The van der Waals surface area contributed by atoms with Crippen molar-refractivity contribution in [3.05, 3.63) is 65.7 Å². The van der Waals surface area contributed by atoms with Crippen molar-refractivity contribution in [2.45, 2.75) is 39.4 Å². The van der Waals surface area contributed by atoms with Gasteiger partial charge in [0.05, 0.1) is 19.1 Å². The minimum atomic E-state index is -0.114. The predicted octanol–water partition coefficient (Wildman–Crippen LogP) is 3.58. The van der Waals surface area contributed by atoms with Gasteiger partial charge in [-0.3, -0.25) is 4.79 Å². The Morgan fingerprint density at radius 2 is 1.90 bits per heavy atom. The van der Waals surface area contributed by atoms with Gasteiger partial charge in [0.1, 0.15) is 18.5 Å². The summed E-state index contributed by atoms with van der Waals surface area (Å²) in [5, 5.41) is 0. The Labute approximate surface area is 173 Å². The lowest BCUT2D eigenvalue weighted by Crippen LogP contribution is -2.51. The number of morpholine rings is 1. The van der Waals surface area contributed by atoms with E-state index in [0.29, 0.717) is 32.7 Å². The molecule has 0 aromatic heterocycles. The molecule has 1 heterocycles. The van der Waals surface area contributed by atoms with Crippen LogP contribution in [0.25, 0.3) is 0 Å². The third-order valence-corrected chi connectivity index (χ3v) is 5.23. The number of hydrogen-bond acceptors (Lipinski definition) is 4. The second-order valence-corrected chi connectivity index (χ2v) is 8.65. The van der Waals surface area contributed by atoms with Crippen molar-refractivity contribution in [2.24, 2.45) is 11.1 Å². The fraction of sp³-hybridized carbons (Fsp3) is 0.458. The van der Waals surface area contributed by atoms with E-state index in [4.69, 9.17) is 15.2 Å². The Morgan fingerprint density at radius 3 is 2.59 bits per heavy atom. The first-order valence-electron chi connectivity index (χ1n) is 10.3. The minimum Gasteiger partial charge on any atom is -0.492 e. The number of amides is 1. The molecule has 5 heteroatoms. The fourth-order valence-corrected chi connectivity index (χ4v) is 3.50. The lowest BCUT2D eigenvalue weighted by Gasteiger charge is -2.43. The minimum absolute atomic E-state index is 0.0235. The number of nitrogens with zero attached hydrogens (tertiary/aromatic N) is 1. The molecule has 0 bridgehead atoms. The number of hydrogen-bond donors (Lipinski definition) is 1. The van der Waals surface area contributed by atoms with E-state index >= 15 is 0 Å². The highest BCUT2D eigenvalue weighted by molar-refractivity contribution is 5.79. The molecule has 1 fully saturated rings. The van der Waals surface area contributed by atoms with E-state index in [9.17, 15) is 4.79 Å². The van der Waals surface area contributed by atoms with E-state index in [0.717, 1.165) is 16.9 Å². The molecule has 0 aliphatic carbocycles. The molecule has 2 aromatic rings. The molecule has 0 radical (unpaired) electrons. The van der Waals surface area contributed by atoms with E-state index in [2.05, 4.69) is 32.9 Å². The molecule has 1 amide bonds. The third-order valence-electron chi connectivity index (χ3n) is 5.23. The first kappa shape index (κ1) is 21.3. The molecule has 2 aromatic carbocycles. The number of carbonyl (C=O) groups is 1. The largest absolute Gasteiger partial charge is 0.492 e. The highest BCUT2D eigenvalue weighted by Crippen LogP contribution is 2.33. The molecule has 0 saturated carbocycles. The predicted molar refractivity (Wildman–Crippen MR) is 115 cm³/mol. The summed E-state index contributed by atoms with van der Waals surface area (Å²) in [6.07, 6.45) is 0.208. The maximum atomic E-state index is 13.2. The van der Waals surface area contributed by atoms with Crippen LogP contribution in [0.1, 0.15) is 38.0 Å². The number of nitrogens with two attached hydrogens (primary N) is 1. The fourth-order valence-electron chi connectivity index (χ4n) is 3.50. The molecule has 2 N–H and O–H groups in total. The number of ether oxygens (including phenoxy) is 2. The van der Waals surface area contributed by atoms with E-state index in [-0.39, 0.29) is 23.5 Å². The van der Waals surface area contributed by atoms with E-state index < -0.39 is 0 Å². The quantitative estimate of drug-likeness (QED) is 0.811. The van der Waals surface area contributed by atoms with Crippen LogP contribution in [0.3, 0.4) is 0 Å². The van der Waals surface area contributed by atoms with Crippen molar-refractivity contribution < 1.29 is 14.3 Å². The summed E-state index contributed by atoms with van der Waals surface area (Å²) in [5.41, 5.74) is 7.50. The highest BCUT2D eigenvalue weighted by Gasteiger charge is 2.37. The van der Waals surface area contributed by atoms with Gasteiger partial charge in [-0.15, -0.1) is 0 Å². The van der Waals surface area contributed by atoms with Crippen LogP contribution in [0.2, 0.25) is 0 Å². The lowest BCUT2D eigenvalue weighted by molar-refractivity contribution is -0.156. The van der Waals surface area contributed by atoms with Crippen molar-refractivity contribution >= 4 is 5.91 Å². The molecule has 1 saturated heterocycles. The van der Waals surface area contributed by atoms with Gasteiger partial charge in [0, 0.05) is 13.1 Å². The molecule has 156 valence electrons. The Bertz CT molecular complexity index is 801. The first-order chi connectivity index (χ1) is 13.9. The van der Waals surface area contributed by atoms with Crippen molar-refractivity contribution in [3.63, 3.8) is 0 Å². The van der Waals surface area contributed by atoms with Crippen molar-refractivity contribution in [2.75, 3.05) is 26.2 Å². The Hall–Kier alpha value is -2.37. The van der Waals surface area contributed by atoms with Gasteiger partial charge in [0.2, 0.25) is 5.91 Å². The summed E-state index contributed by atoms with van der Waals surface area (Å²) in [4.78, 5) is 15.1. The summed E-state index contributed by atoms with van der Waals surface area (Å²) in [5.74, 6) is 0.858. The molecule has 1 aliphatic heterocycles. The number of rotatable bonds is 6. The maximum absolute atomic E-state index is 13.2. The summed E-state index contributed by atoms with van der Waals surface area (Å²) in [7, 11) is 0. The molecule has 0 unspecified atom stereocenters. The van der Waals surface area contributed by atoms with E-state index in [1.807, 2.05) is 47.4 Å². The lowest BCUT2D eigenvalue weighted by atomic mass is 9.87. The number of carbonyl (C=O) groups excluding carboxylic acids is 1. The average Bonchev–Trinajstić information content (AvgIpc) is 2.72. The maximum Gasteiger partial charge on any atom is 0.227 e. The summed E-state index contributed by atoms with van der Waals surface area (Å²) in [6, 6.07) is 17.8. The third kappa shape index (κ3) is 5.81. The van der Waals surface area contributed by atoms with Gasteiger partial charge in [0.25, 0.3) is 0 Å². The SMILES string of the molecule is CC(C)(C)[C@H]1CN(C(=O)Cc2cccc(OCCN)c2)C[C@@H](c2ccccc2)O1. The second-order valence-electron chi connectivity index (χ2n) is 8.65. The zero-order chi connectivity index (χ0) is 20.9. The topological polar surface area (TPSA) is 64.8 Å². The van der Waals surface area contributed by atoms with Crippen molar-refractivity contribution in [1.29, 1.82) is 0 Å². The van der Waals surface area contributed by atoms with Gasteiger partial charge >= 0.3 is 0 Å². The molecule has 29 heavy (non-hydrogen) atoms. The van der Waals surface area contributed by atoms with Crippen LogP contribution in [-0.4, -0.2) is 43.2 Å². The van der Waals surface area contributed by atoms with Gasteiger partial charge in [0.15, 0.2) is 0 Å². The van der Waals surface area contributed by atoms with E-state index in [1.165, 1.54) is 0 Å². The second kappa shape index (κ2) is 9.42. The van der Waals surface area contributed by atoms with Crippen LogP contribution in [0, 0.1) is 5.41 Å². The molecule has 0 spiro atoms.